The van der Waals surface area contributed by atoms with Crippen LogP contribution < -0.4 is 0 Å². The number of nitrogens with zero attached hydrogens (tertiary/aromatic N) is 1. The van der Waals surface area contributed by atoms with E-state index in [4.69, 9.17) is 5.26 Å². The van der Waals surface area contributed by atoms with Gasteiger partial charge in [-0.1, -0.05) is 13.8 Å². The summed E-state index contributed by atoms with van der Waals surface area (Å²) in [6.07, 6.45) is 1.85. The first-order chi connectivity index (χ1) is 5.25. The molecule has 1 aromatic heterocycles. The van der Waals surface area contributed by atoms with Crippen molar-refractivity contribution in [1.82, 2.24) is 4.98 Å². The monoisotopic (exact) mass is 148 g/mol. The summed E-state index contributed by atoms with van der Waals surface area (Å²) in [7, 11) is 0. The maximum absolute atomic E-state index is 8.80. The van der Waals surface area contributed by atoms with Gasteiger partial charge in [-0.05, 0) is 18.1 Å². The lowest BCUT2D eigenvalue weighted by Crippen LogP contribution is -2.03. The molecule has 1 aromatic rings. The molecule has 0 bridgehead atoms. The topological polar surface area (TPSA) is 39.6 Å². The Labute approximate surface area is 66.9 Å². The smallest absolute Gasteiger partial charge is 0.0885 e. The van der Waals surface area contributed by atoms with Crippen molar-refractivity contribution in [3.8, 4) is 6.07 Å². The van der Waals surface area contributed by atoms with Gasteiger partial charge in [0.15, 0.2) is 0 Å². The van der Waals surface area contributed by atoms with Crippen LogP contribution in [0.25, 0.3) is 0 Å². The van der Waals surface area contributed by atoms with E-state index >= 15 is 0 Å². The minimum absolute atomic E-state index is 0.00463. The lowest BCUT2D eigenvalue weighted by atomic mass is 9.94. The second kappa shape index (κ2) is 3.25. The summed E-state index contributed by atoms with van der Waals surface area (Å²) in [6.45, 7) is 4.10. The largest absolute Gasteiger partial charge is 0.364 e. The summed E-state index contributed by atoms with van der Waals surface area (Å²) < 4.78 is 0. The predicted molar refractivity (Wildman–Crippen MR) is 44.0 cm³/mol. The highest BCUT2D eigenvalue weighted by atomic mass is 14.7. The molecule has 1 N–H and O–H groups in total. The molecule has 0 spiro atoms. The zero-order chi connectivity index (χ0) is 8.27. The molecule has 0 aliphatic heterocycles. The van der Waals surface area contributed by atoms with E-state index in [1.807, 2.05) is 18.3 Å². The molecule has 0 unspecified atom stereocenters. The van der Waals surface area contributed by atoms with Gasteiger partial charge in [0.25, 0.3) is 0 Å². The van der Waals surface area contributed by atoms with Crippen molar-refractivity contribution in [2.75, 3.05) is 0 Å². The van der Waals surface area contributed by atoms with Gasteiger partial charge in [0.1, 0.15) is 0 Å². The highest BCUT2D eigenvalue weighted by molar-refractivity contribution is 5.17. The molecular weight excluding hydrogens is 136 g/mol. The molecule has 0 aliphatic rings. The van der Waals surface area contributed by atoms with Gasteiger partial charge >= 0.3 is 0 Å². The molecule has 2 nitrogen and oxygen atoms in total. The van der Waals surface area contributed by atoms with Crippen molar-refractivity contribution in [2.45, 2.75) is 19.8 Å². The van der Waals surface area contributed by atoms with Gasteiger partial charge in [-0.15, -0.1) is 0 Å². The zero-order valence-corrected chi connectivity index (χ0v) is 6.83. The van der Waals surface area contributed by atoms with Crippen molar-refractivity contribution < 1.29 is 0 Å². The minimum Gasteiger partial charge on any atom is -0.364 e. The van der Waals surface area contributed by atoms with Crippen molar-refractivity contribution in [2.24, 2.45) is 5.92 Å². The number of nitriles is 1. The van der Waals surface area contributed by atoms with Crippen LogP contribution in [-0.4, -0.2) is 4.98 Å². The Hall–Kier alpha value is -1.23. The fourth-order valence-electron chi connectivity index (χ4n) is 1.12. The molecule has 58 valence electrons. The summed E-state index contributed by atoms with van der Waals surface area (Å²) in [6, 6.07) is 6.14. The molecule has 11 heavy (non-hydrogen) atoms. The second-order valence-electron chi connectivity index (χ2n) is 2.98. The molecule has 0 fully saturated rings. The summed E-state index contributed by atoms with van der Waals surface area (Å²) in [5.74, 6) is 0.378. The molecule has 0 amide bonds. The molecule has 2 heteroatoms. The van der Waals surface area contributed by atoms with Gasteiger partial charge in [0, 0.05) is 11.9 Å². The Balaban J connectivity index is 2.82. The van der Waals surface area contributed by atoms with Crippen LogP contribution in [0.15, 0.2) is 18.3 Å². The average molecular weight is 148 g/mol. The third kappa shape index (κ3) is 1.62. The van der Waals surface area contributed by atoms with Gasteiger partial charge < -0.3 is 4.98 Å². The lowest BCUT2D eigenvalue weighted by Gasteiger charge is -2.09. The summed E-state index contributed by atoms with van der Waals surface area (Å²) in [5, 5.41) is 8.80. The van der Waals surface area contributed by atoms with Gasteiger partial charge in [-0.25, -0.2) is 0 Å². The fourth-order valence-corrected chi connectivity index (χ4v) is 1.12. The zero-order valence-electron chi connectivity index (χ0n) is 6.83. The first kappa shape index (κ1) is 7.87. The first-order valence-electron chi connectivity index (χ1n) is 3.78. The fraction of sp³-hybridized carbons (Fsp3) is 0.444. The molecule has 0 aromatic carbocycles. The molecule has 1 heterocycles. The van der Waals surface area contributed by atoms with E-state index in [9.17, 15) is 0 Å². The molecule has 0 aliphatic carbocycles. The maximum Gasteiger partial charge on any atom is 0.0885 e. The SMILES string of the molecule is CC(C)[C@H](C#N)c1ccc[nH]1. The van der Waals surface area contributed by atoms with Crippen LogP contribution >= 0.6 is 0 Å². The number of rotatable bonds is 2. The quantitative estimate of drug-likeness (QED) is 0.686. The van der Waals surface area contributed by atoms with Gasteiger partial charge in [0.2, 0.25) is 0 Å². The molecule has 1 atom stereocenters. The third-order valence-electron chi connectivity index (χ3n) is 1.76. The third-order valence-corrected chi connectivity index (χ3v) is 1.76. The van der Waals surface area contributed by atoms with Gasteiger partial charge in [0.05, 0.1) is 12.0 Å². The van der Waals surface area contributed by atoms with Crippen LogP contribution in [-0.2, 0) is 0 Å². The Bertz CT molecular complexity index is 241. The van der Waals surface area contributed by atoms with E-state index in [2.05, 4.69) is 24.9 Å². The predicted octanol–water partition coefficient (Wildman–Crippen LogP) is 2.28. The van der Waals surface area contributed by atoms with Crippen LogP contribution in [0.2, 0.25) is 0 Å². The average Bonchev–Trinajstić information content (AvgIpc) is 2.40. The highest BCUT2D eigenvalue weighted by Crippen LogP contribution is 2.21. The van der Waals surface area contributed by atoms with Crippen LogP contribution in [0.1, 0.15) is 25.5 Å². The van der Waals surface area contributed by atoms with E-state index in [1.54, 1.807) is 0 Å². The summed E-state index contributed by atoms with van der Waals surface area (Å²) >= 11 is 0. The van der Waals surface area contributed by atoms with Crippen LogP contribution in [0.3, 0.4) is 0 Å². The Morgan fingerprint density at radius 3 is 2.64 bits per heavy atom. The number of hydrogen-bond acceptors (Lipinski definition) is 1. The summed E-state index contributed by atoms with van der Waals surface area (Å²) in [4.78, 5) is 3.05. The van der Waals surface area contributed by atoms with E-state index < -0.39 is 0 Å². The highest BCUT2D eigenvalue weighted by Gasteiger charge is 2.14. The van der Waals surface area contributed by atoms with E-state index in [1.165, 1.54) is 0 Å². The maximum atomic E-state index is 8.80. The van der Waals surface area contributed by atoms with Crippen LogP contribution in [0.5, 0.6) is 0 Å². The van der Waals surface area contributed by atoms with Crippen molar-refractivity contribution in [3.63, 3.8) is 0 Å². The first-order valence-corrected chi connectivity index (χ1v) is 3.78. The number of aromatic amines is 1. The van der Waals surface area contributed by atoms with Crippen molar-refractivity contribution in [3.05, 3.63) is 24.0 Å². The Morgan fingerprint density at radius 2 is 2.27 bits per heavy atom. The molecule has 0 radical (unpaired) electrons. The number of aromatic nitrogens is 1. The Kier molecular flexibility index (Phi) is 2.32. The van der Waals surface area contributed by atoms with Crippen molar-refractivity contribution in [1.29, 1.82) is 5.26 Å². The minimum atomic E-state index is 0.00463. The van der Waals surface area contributed by atoms with E-state index in [0.717, 1.165) is 5.69 Å². The molecule has 0 saturated heterocycles. The number of H-pyrrole nitrogens is 1. The summed E-state index contributed by atoms with van der Waals surface area (Å²) in [5.41, 5.74) is 1.02. The molecular formula is C9H12N2. The second-order valence-corrected chi connectivity index (χ2v) is 2.98. The standard InChI is InChI=1S/C9H12N2/c1-7(2)8(6-10)9-4-3-5-11-9/h3-5,7-8,11H,1-2H3/t8-/m0/s1. The lowest BCUT2D eigenvalue weighted by molar-refractivity contribution is 0.578. The number of nitrogens with one attached hydrogen (secondary N) is 1. The molecule has 1 rings (SSSR count). The Morgan fingerprint density at radius 1 is 1.55 bits per heavy atom. The van der Waals surface area contributed by atoms with E-state index in [0.29, 0.717) is 5.92 Å². The van der Waals surface area contributed by atoms with Crippen LogP contribution in [0, 0.1) is 17.2 Å². The van der Waals surface area contributed by atoms with Crippen LogP contribution in [0.4, 0.5) is 0 Å². The number of hydrogen-bond donors (Lipinski definition) is 1. The van der Waals surface area contributed by atoms with Gasteiger partial charge in [-0.3, -0.25) is 0 Å². The van der Waals surface area contributed by atoms with Crippen molar-refractivity contribution >= 4 is 0 Å². The normalized spacial score (nSPS) is 12.9. The molecule has 0 saturated carbocycles. The van der Waals surface area contributed by atoms with E-state index in [-0.39, 0.29) is 5.92 Å². The van der Waals surface area contributed by atoms with Gasteiger partial charge in [-0.2, -0.15) is 5.26 Å².